The second-order valence-electron chi connectivity index (χ2n) is 4.98. The Morgan fingerprint density at radius 3 is 2.67 bits per heavy atom. The first kappa shape index (κ1) is 13.1. The van der Waals surface area contributed by atoms with Gasteiger partial charge in [0, 0.05) is 23.8 Å². The van der Waals surface area contributed by atoms with E-state index < -0.39 is 0 Å². The maximum absolute atomic E-state index is 12.3. The lowest BCUT2D eigenvalue weighted by molar-refractivity contribution is -0.135. The van der Waals surface area contributed by atoms with Gasteiger partial charge in [0.15, 0.2) is 0 Å². The molecule has 0 saturated heterocycles. The molecule has 1 aromatic heterocycles. The van der Waals surface area contributed by atoms with E-state index in [0.29, 0.717) is 19.0 Å². The van der Waals surface area contributed by atoms with Crippen LogP contribution in [0.5, 0.6) is 0 Å². The van der Waals surface area contributed by atoms with Gasteiger partial charge >= 0.3 is 0 Å². The van der Waals surface area contributed by atoms with Crippen molar-refractivity contribution in [2.24, 2.45) is 0 Å². The van der Waals surface area contributed by atoms with E-state index >= 15 is 0 Å². The number of hydrogen-bond acceptors (Lipinski definition) is 3. The second kappa shape index (κ2) is 5.52. The van der Waals surface area contributed by atoms with Crippen molar-refractivity contribution in [3.05, 3.63) is 17.0 Å². The Morgan fingerprint density at radius 1 is 1.50 bits per heavy atom. The molecular weight excluding hydrogens is 230 g/mol. The van der Waals surface area contributed by atoms with Gasteiger partial charge in [-0.1, -0.05) is 0 Å². The largest absolute Gasteiger partial charge is 0.395 e. The number of amides is 1. The van der Waals surface area contributed by atoms with E-state index in [2.05, 4.69) is 10.2 Å². The van der Waals surface area contributed by atoms with Crippen LogP contribution in [0.2, 0.25) is 0 Å². The third-order valence-electron chi connectivity index (χ3n) is 3.79. The van der Waals surface area contributed by atoms with Crippen LogP contribution in [0.15, 0.2) is 0 Å². The van der Waals surface area contributed by atoms with E-state index in [1.54, 1.807) is 0 Å². The summed E-state index contributed by atoms with van der Waals surface area (Å²) in [5.41, 5.74) is 2.83. The Labute approximate surface area is 107 Å². The van der Waals surface area contributed by atoms with Crippen molar-refractivity contribution in [2.45, 2.75) is 45.6 Å². The molecule has 2 N–H and O–H groups in total. The third-order valence-corrected chi connectivity index (χ3v) is 3.79. The van der Waals surface area contributed by atoms with Crippen molar-refractivity contribution in [2.75, 3.05) is 13.2 Å². The van der Waals surface area contributed by atoms with E-state index in [9.17, 15) is 4.79 Å². The van der Waals surface area contributed by atoms with Crippen LogP contribution in [-0.4, -0.2) is 45.3 Å². The summed E-state index contributed by atoms with van der Waals surface area (Å²) in [5.74, 6) is 0.0985. The lowest BCUT2D eigenvalue weighted by Crippen LogP contribution is -2.46. The van der Waals surface area contributed by atoms with E-state index in [1.807, 2.05) is 18.7 Å². The third kappa shape index (κ3) is 2.56. The van der Waals surface area contributed by atoms with Crippen LogP contribution in [0.25, 0.3) is 0 Å². The summed E-state index contributed by atoms with van der Waals surface area (Å²) in [6.07, 6.45) is 3.69. The summed E-state index contributed by atoms with van der Waals surface area (Å²) >= 11 is 0. The fourth-order valence-corrected chi connectivity index (χ4v) is 2.40. The standard InChI is InChI=1S/C13H21N3O2/c1-9-12(10(2)15-14-9)8-13(18)16(6-7-17)11-4-3-5-11/h11,17H,3-8H2,1-2H3,(H,14,15). The minimum atomic E-state index is 0.0333. The highest BCUT2D eigenvalue weighted by Gasteiger charge is 2.28. The van der Waals surface area contributed by atoms with Crippen molar-refractivity contribution in [1.82, 2.24) is 15.1 Å². The zero-order chi connectivity index (χ0) is 13.1. The highest BCUT2D eigenvalue weighted by Crippen LogP contribution is 2.25. The molecule has 5 nitrogen and oxygen atoms in total. The van der Waals surface area contributed by atoms with Crippen molar-refractivity contribution >= 4 is 5.91 Å². The Kier molecular flexibility index (Phi) is 4.01. The van der Waals surface area contributed by atoms with Crippen LogP contribution in [0.3, 0.4) is 0 Å². The number of hydrogen-bond donors (Lipinski definition) is 2. The Balaban J connectivity index is 2.04. The van der Waals surface area contributed by atoms with E-state index in [4.69, 9.17) is 5.11 Å². The molecule has 0 unspecified atom stereocenters. The van der Waals surface area contributed by atoms with Crippen LogP contribution >= 0.6 is 0 Å². The number of aryl methyl sites for hydroxylation is 2. The lowest BCUT2D eigenvalue weighted by atomic mass is 9.91. The van der Waals surface area contributed by atoms with Crippen molar-refractivity contribution < 1.29 is 9.90 Å². The maximum atomic E-state index is 12.3. The quantitative estimate of drug-likeness (QED) is 0.818. The summed E-state index contributed by atoms with van der Waals surface area (Å²) in [6, 6.07) is 0.331. The van der Waals surface area contributed by atoms with Crippen LogP contribution < -0.4 is 0 Å². The molecule has 2 rings (SSSR count). The molecule has 0 spiro atoms. The van der Waals surface area contributed by atoms with E-state index in [1.165, 1.54) is 6.42 Å². The van der Waals surface area contributed by atoms with Crippen molar-refractivity contribution in [3.8, 4) is 0 Å². The zero-order valence-corrected chi connectivity index (χ0v) is 11.1. The lowest BCUT2D eigenvalue weighted by Gasteiger charge is -2.37. The second-order valence-corrected chi connectivity index (χ2v) is 4.98. The normalized spacial score (nSPS) is 15.5. The van der Waals surface area contributed by atoms with Gasteiger partial charge in [-0.25, -0.2) is 0 Å². The molecule has 18 heavy (non-hydrogen) atoms. The highest BCUT2D eigenvalue weighted by molar-refractivity contribution is 5.79. The SMILES string of the molecule is Cc1n[nH]c(C)c1CC(=O)N(CCO)C1CCC1. The van der Waals surface area contributed by atoms with Crippen LogP contribution in [0, 0.1) is 13.8 Å². The van der Waals surface area contributed by atoms with Crippen molar-refractivity contribution in [1.29, 1.82) is 0 Å². The molecule has 1 aliphatic rings. The molecule has 1 aliphatic carbocycles. The number of aliphatic hydroxyl groups excluding tert-OH is 1. The summed E-state index contributed by atoms with van der Waals surface area (Å²) in [7, 11) is 0. The monoisotopic (exact) mass is 251 g/mol. The zero-order valence-electron chi connectivity index (χ0n) is 11.1. The number of nitrogens with zero attached hydrogens (tertiary/aromatic N) is 2. The maximum Gasteiger partial charge on any atom is 0.227 e. The Hall–Kier alpha value is -1.36. The summed E-state index contributed by atoms with van der Waals surface area (Å²) in [6.45, 7) is 4.32. The molecule has 1 amide bonds. The summed E-state index contributed by atoms with van der Waals surface area (Å²) in [5, 5.41) is 16.1. The fourth-order valence-electron chi connectivity index (χ4n) is 2.40. The average molecular weight is 251 g/mol. The fraction of sp³-hybridized carbons (Fsp3) is 0.692. The first-order chi connectivity index (χ1) is 8.63. The molecule has 0 radical (unpaired) electrons. The topological polar surface area (TPSA) is 69.2 Å². The summed E-state index contributed by atoms with van der Waals surface area (Å²) < 4.78 is 0. The number of aromatic amines is 1. The number of carbonyl (C=O) groups excluding carboxylic acids is 1. The van der Waals surface area contributed by atoms with Crippen molar-refractivity contribution in [3.63, 3.8) is 0 Å². The molecule has 1 heterocycles. The highest BCUT2D eigenvalue weighted by atomic mass is 16.3. The van der Waals surface area contributed by atoms with Gasteiger partial charge in [-0.2, -0.15) is 5.10 Å². The minimum Gasteiger partial charge on any atom is -0.395 e. The first-order valence-corrected chi connectivity index (χ1v) is 6.54. The van der Waals surface area contributed by atoms with Gasteiger partial charge < -0.3 is 10.0 Å². The number of aromatic nitrogens is 2. The Bertz CT molecular complexity index is 404. The van der Waals surface area contributed by atoms with Gasteiger partial charge in [0.1, 0.15) is 0 Å². The molecule has 0 aliphatic heterocycles. The van der Waals surface area contributed by atoms with E-state index in [0.717, 1.165) is 29.8 Å². The minimum absolute atomic E-state index is 0.0333. The molecule has 1 aromatic rings. The molecule has 0 atom stereocenters. The van der Waals surface area contributed by atoms with Crippen LogP contribution in [0.4, 0.5) is 0 Å². The van der Waals surface area contributed by atoms with Gasteiger partial charge in [0.05, 0.1) is 18.7 Å². The number of H-pyrrole nitrogens is 1. The van der Waals surface area contributed by atoms with Gasteiger partial charge in [-0.05, 0) is 33.1 Å². The van der Waals surface area contributed by atoms with Crippen LogP contribution in [-0.2, 0) is 11.2 Å². The van der Waals surface area contributed by atoms with Gasteiger partial charge in [-0.3, -0.25) is 9.89 Å². The molecule has 1 saturated carbocycles. The molecule has 100 valence electrons. The number of aliphatic hydroxyl groups is 1. The first-order valence-electron chi connectivity index (χ1n) is 6.54. The molecule has 5 heteroatoms. The Morgan fingerprint density at radius 2 is 2.22 bits per heavy atom. The predicted octanol–water partition coefficient (Wildman–Crippen LogP) is 0.942. The van der Waals surface area contributed by atoms with Gasteiger partial charge in [0.25, 0.3) is 0 Å². The molecule has 0 bridgehead atoms. The number of nitrogens with one attached hydrogen (secondary N) is 1. The summed E-state index contributed by atoms with van der Waals surface area (Å²) in [4.78, 5) is 14.1. The smallest absolute Gasteiger partial charge is 0.227 e. The molecule has 1 fully saturated rings. The number of rotatable bonds is 5. The number of carbonyl (C=O) groups is 1. The van der Waals surface area contributed by atoms with Gasteiger partial charge in [0.2, 0.25) is 5.91 Å². The van der Waals surface area contributed by atoms with Gasteiger partial charge in [-0.15, -0.1) is 0 Å². The molecule has 0 aromatic carbocycles. The molecular formula is C13H21N3O2. The predicted molar refractivity (Wildman–Crippen MR) is 68.2 cm³/mol. The average Bonchev–Trinajstić information content (AvgIpc) is 2.58. The van der Waals surface area contributed by atoms with E-state index in [-0.39, 0.29) is 12.5 Å². The van der Waals surface area contributed by atoms with Crippen LogP contribution in [0.1, 0.15) is 36.2 Å².